The summed E-state index contributed by atoms with van der Waals surface area (Å²) in [5.74, 6) is 0. The molecule has 0 aliphatic heterocycles. The Bertz CT molecular complexity index is 278. The summed E-state index contributed by atoms with van der Waals surface area (Å²) in [6.07, 6.45) is 12.1. The third kappa shape index (κ3) is 10.1. The first-order valence-electron chi connectivity index (χ1n) is 6.67. The van der Waals surface area contributed by atoms with E-state index in [4.69, 9.17) is 5.11 Å². The molecule has 0 fully saturated rings. The van der Waals surface area contributed by atoms with E-state index in [-0.39, 0.29) is 6.61 Å². The fourth-order valence-electron chi connectivity index (χ4n) is 1.75. The van der Waals surface area contributed by atoms with Gasteiger partial charge in [-0.25, -0.2) is 0 Å². The number of aliphatic hydroxyl groups is 1. The van der Waals surface area contributed by atoms with Crippen molar-refractivity contribution in [1.82, 2.24) is 0 Å². The largest absolute Gasteiger partial charge is 0.392 e. The van der Waals surface area contributed by atoms with Crippen LogP contribution in [0.5, 0.6) is 0 Å². The molecule has 1 N–H and O–H groups in total. The Hall–Kier alpha value is -0.820. The molecule has 0 radical (unpaired) electrons. The van der Waals surface area contributed by atoms with Gasteiger partial charge >= 0.3 is 0 Å². The second kappa shape index (κ2) is 10.3. The number of rotatable bonds is 8. The van der Waals surface area contributed by atoms with Crippen LogP contribution in [0.1, 0.15) is 59.8 Å². The lowest BCUT2D eigenvalue weighted by molar-refractivity contribution is 0.341. The van der Waals surface area contributed by atoms with Crippen LogP contribution in [0.3, 0.4) is 0 Å². The molecule has 0 spiro atoms. The van der Waals surface area contributed by atoms with Crippen LogP contribution in [-0.4, -0.2) is 11.7 Å². The van der Waals surface area contributed by atoms with Crippen molar-refractivity contribution in [1.29, 1.82) is 0 Å². The summed E-state index contributed by atoms with van der Waals surface area (Å²) in [6.45, 7) is 8.82. The molecule has 0 aromatic heterocycles. The minimum atomic E-state index is 0.173. The van der Waals surface area contributed by atoms with Crippen LogP contribution < -0.4 is 0 Å². The molecule has 0 unspecified atom stereocenters. The topological polar surface area (TPSA) is 20.2 Å². The fourth-order valence-corrected chi connectivity index (χ4v) is 1.75. The van der Waals surface area contributed by atoms with Crippen LogP contribution in [0.2, 0.25) is 0 Å². The van der Waals surface area contributed by atoms with Gasteiger partial charge in [-0.15, -0.1) is 0 Å². The molecular formula is C16H28O. The van der Waals surface area contributed by atoms with E-state index in [1.165, 1.54) is 16.7 Å². The molecule has 17 heavy (non-hydrogen) atoms. The molecule has 0 atom stereocenters. The molecule has 0 aromatic rings. The summed E-state index contributed by atoms with van der Waals surface area (Å²) in [5.41, 5.74) is 4.24. The second-order valence-corrected chi connectivity index (χ2v) is 4.81. The zero-order valence-corrected chi connectivity index (χ0v) is 11.9. The van der Waals surface area contributed by atoms with Gasteiger partial charge in [-0.3, -0.25) is 0 Å². The lowest BCUT2D eigenvalue weighted by atomic mass is 10.0. The maximum Gasteiger partial charge on any atom is 0.0615 e. The minimum Gasteiger partial charge on any atom is -0.392 e. The van der Waals surface area contributed by atoms with Gasteiger partial charge in [0.15, 0.2) is 0 Å². The van der Waals surface area contributed by atoms with Gasteiger partial charge in [-0.1, -0.05) is 41.9 Å². The van der Waals surface area contributed by atoms with Crippen LogP contribution >= 0.6 is 0 Å². The molecular weight excluding hydrogens is 208 g/mol. The number of aliphatic hydroxyl groups excluding tert-OH is 1. The van der Waals surface area contributed by atoms with E-state index in [9.17, 15) is 0 Å². The van der Waals surface area contributed by atoms with Gasteiger partial charge < -0.3 is 5.11 Å². The molecule has 0 aliphatic rings. The third-order valence-corrected chi connectivity index (χ3v) is 2.88. The van der Waals surface area contributed by atoms with E-state index in [2.05, 4.69) is 39.8 Å². The Balaban J connectivity index is 3.91. The smallest absolute Gasteiger partial charge is 0.0615 e. The summed E-state index contributed by atoms with van der Waals surface area (Å²) in [6, 6.07) is 0. The van der Waals surface area contributed by atoms with E-state index >= 15 is 0 Å². The van der Waals surface area contributed by atoms with Crippen molar-refractivity contribution in [2.24, 2.45) is 0 Å². The first-order chi connectivity index (χ1) is 8.10. The van der Waals surface area contributed by atoms with Crippen LogP contribution in [0, 0.1) is 0 Å². The Kier molecular flexibility index (Phi) is 9.84. The van der Waals surface area contributed by atoms with Crippen LogP contribution in [0.25, 0.3) is 0 Å². The molecule has 0 aromatic carbocycles. The number of hydrogen-bond acceptors (Lipinski definition) is 1. The van der Waals surface area contributed by atoms with Gasteiger partial charge in [0.1, 0.15) is 0 Å². The van der Waals surface area contributed by atoms with Crippen molar-refractivity contribution >= 4 is 0 Å². The maximum absolute atomic E-state index is 8.85. The van der Waals surface area contributed by atoms with E-state index < -0.39 is 0 Å². The van der Waals surface area contributed by atoms with Crippen LogP contribution in [0.4, 0.5) is 0 Å². The Morgan fingerprint density at radius 3 is 2.12 bits per heavy atom. The van der Waals surface area contributed by atoms with Gasteiger partial charge in [0, 0.05) is 0 Å². The van der Waals surface area contributed by atoms with Gasteiger partial charge in [-0.2, -0.15) is 0 Å². The first-order valence-corrected chi connectivity index (χ1v) is 6.67. The lowest BCUT2D eigenvalue weighted by Gasteiger charge is -2.03. The van der Waals surface area contributed by atoms with Crippen molar-refractivity contribution in [3.63, 3.8) is 0 Å². The van der Waals surface area contributed by atoms with Crippen molar-refractivity contribution in [2.45, 2.75) is 59.8 Å². The van der Waals surface area contributed by atoms with E-state index in [0.29, 0.717) is 0 Å². The minimum absolute atomic E-state index is 0.173. The summed E-state index contributed by atoms with van der Waals surface area (Å²) < 4.78 is 0. The Labute approximate surface area is 107 Å². The lowest BCUT2D eigenvalue weighted by Crippen LogP contribution is -1.85. The van der Waals surface area contributed by atoms with Gasteiger partial charge in [0.05, 0.1) is 6.61 Å². The molecule has 0 rings (SSSR count). The number of allylic oxidation sites excluding steroid dienone is 5. The highest BCUT2D eigenvalue weighted by atomic mass is 16.2. The zero-order valence-electron chi connectivity index (χ0n) is 11.9. The molecule has 0 aliphatic carbocycles. The number of hydrogen-bond donors (Lipinski definition) is 1. The predicted molar refractivity (Wildman–Crippen MR) is 77.1 cm³/mol. The van der Waals surface area contributed by atoms with Gasteiger partial charge in [0.25, 0.3) is 0 Å². The van der Waals surface area contributed by atoms with Gasteiger partial charge in [0.2, 0.25) is 0 Å². The Morgan fingerprint density at radius 2 is 1.59 bits per heavy atom. The SMILES string of the molecule is CCC(=CCO)CCC=C(C)CCC=C(C)C. The average molecular weight is 236 g/mol. The summed E-state index contributed by atoms with van der Waals surface area (Å²) in [4.78, 5) is 0. The fraction of sp³-hybridized carbons (Fsp3) is 0.625. The molecule has 0 saturated heterocycles. The summed E-state index contributed by atoms with van der Waals surface area (Å²) in [5, 5.41) is 8.85. The normalized spacial score (nSPS) is 12.8. The molecule has 0 amide bonds. The standard InChI is InChI=1S/C16H28O/c1-5-16(12-13-17)11-7-10-15(4)9-6-8-14(2)3/h8,10,12,17H,5-7,9,11,13H2,1-4H3. The molecule has 1 heteroatoms. The van der Waals surface area contributed by atoms with Gasteiger partial charge in [-0.05, 0) is 52.9 Å². The van der Waals surface area contributed by atoms with E-state index in [0.717, 1.165) is 32.1 Å². The molecule has 0 saturated carbocycles. The molecule has 0 heterocycles. The predicted octanol–water partition coefficient (Wildman–Crippen LogP) is 4.79. The van der Waals surface area contributed by atoms with Crippen LogP contribution in [-0.2, 0) is 0 Å². The highest BCUT2D eigenvalue weighted by Gasteiger charge is 1.94. The zero-order chi connectivity index (χ0) is 13.1. The second-order valence-electron chi connectivity index (χ2n) is 4.81. The molecule has 0 bridgehead atoms. The van der Waals surface area contributed by atoms with Crippen LogP contribution in [0.15, 0.2) is 34.9 Å². The maximum atomic E-state index is 8.85. The van der Waals surface area contributed by atoms with E-state index in [1.807, 2.05) is 6.08 Å². The average Bonchev–Trinajstić information content (AvgIpc) is 2.27. The monoisotopic (exact) mass is 236 g/mol. The first kappa shape index (κ1) is 16.2. The Morgan fingerprint density at radius 1 is 0.941 bits per heavy atom. The third-order valence-electron chi connectivity index (χ3n) is 2.88. The summed E-state index contributed by atoms with van der Waals surface area (Å²) >= 11 is 0. The van der Waals surface area contributed by atoms with Crippen molar-refractivity contribution in [2.75, 3.05) is 6.61 Å². The van der Waals surface area contributed by atoms with Crippen molar-refractivity contribution < 1.29 is 5.11 Å². The summed E-state index contributed by atoms with van der Waals surface area (Å²) in [7, 11) is 0. The molecule has 98 valence electrons. The van der Waals surface area contributed by atoms with Crippen molar-refractivity contribution in [3.05, 3.63) is 34.9 Å². The highest BCUT2D eigenvalue weighted by molar-refractivity contribution is 5.06. The molecule has 1 nitrogen and oxygen atoms in total. The van der Waals surface area contributed by atoms with Crippen molar-refractivity contribution in [3.8, 4) is 0 Å². The quantitative estimate of drug-likeness (QED) is 0.601. The highest BCUT2D eigenvalue weighted by Crippen LogP contribution is 2.13. The van der Waals surface area contributed by atoms with E-state index in [1.54, 1.807) is 0 Å².